The Morgan fingerprint density at radius 1 is 1.11 bits per heavy atom. The maximum absolute atomic E-state index is 13.1. The number of phenolic OH excluding ortho intramolecular Hbond substituents is 1. The predicted molar refractivity (Wildman–Crippen MR) is 119 cm³/mol. The summed E-state index contributed by atoms with van der Waals surface area (Å²) in [4.78, 5) is 6.61. The summed E-state index contributed by atoms with van der Waals surface area (Å²) in [5.41, 5.74) is 1.82. The molecule has 2 N–H and O–H groups in total. The van der Waals surface area contributed by atoms with Crippen molar-refractivity contribution in [3.05, 3.63) is 53.3 Å². The Kier molecular flexibility index (Phi) is 9.84. The number of methoxy groups -OCH3 is 2. The molecule has 154 valence electrons. The van der Waals surface area contributed by atoms with Crippen LogP contribution in [0, 0.1) is 5.82 Å². The van der Waals surface area contributed by atoms with Gasteiger partial charge in [-0.3, -0.25) is 0 Å². The molecule has 2 rings (SSSR count). The van der Waals surface area contributed by atoms with Crippen LogP contribution in [0.5, 0.6) is 17.2 Å². The Morgan fingerprint density at radius 3 is 2.18 bits per heavy atom. The molecule has 2 aromatic rings. The molecule has 8 heteroatoms. The second kappa shape index (κ2) is 11.6. The number of hydrogen-bond donors (Lipinski definition) is 2. The van der Waals surface area contributed by atoms with Gasteiger partial charge >= 0.3 is 0 Å². The number of halogens is 2. The zero-order valence-corrected chi connectivity index (χ0v) is 18.9. The van der Waals surface area contributed by atoms with Crippen LogP contribution in [0.4, 0.5) is 4.39 Å². The van der Waals surface area contributed by atoms with Crippen LogP contribution in [0.2, 0.25) is 0 Å². The lowest BCUT2D eigenvalue weighted by Gasteiger charge is -2.22. The first-order valence-electron chi connectivity index (χ1n) is 8.66. The maximum Gasteiger partial charge on any atom is 0.200 e. The van der Waals surface area contributed by atoms with Gasteiger partial charge in [0.2, 0.25) is 5.75 Å². The lowest BCUT2D eigenvalue weighted by Crippen LogP contribution is -2.38. The lowest BCUT2D eigenvalue weighted by molar-refractivity contribution is 0.339. The number of phenols is 1. The average molecular weight is 503 g/mol. The van der Waals surface area contributed by atoms with E-state index >= 15 is 0 Å². The maximum atomic E-state index is 13.1. The number of benzene rings is 2. The molecular weight excluding hydrogens is 476 g/mol. The monoisotopic (exact) mass is 503 g/mol. The van der Waals surface area contributed by atoms with Crippen LogP contribution >= 0.6 is 24.0 Å². The number of aliphatic imine (C=N–C) groups is 1. The summed E-state index contributed by atoms with van der Waals surface area (Å²) in [7, 11) is 4.90. The van der Waals surface area contributed by atoms with E-state index in [0.29, 0.717) is 30.5 Å². The molecule has 0 amide bonds. The molecule has 0 atom stereocenters. The number of guanidine groups is 1. The zero-order chi connectivity index (χ0) is 19.8. The average Bonchev–Trinajstić information content (AvgIpc) is 2.67. The minimum Gasteiger partial charge on any atom is -0.502 e. The summed E-state index contributed by atoms with van der Waals surface area (Å²) in [5, 5.41) is 13.3. The van der Waals surface area contributed by atoms with Crippen molar-refractivity contribution < 1.29 is 19.0 Å². The third-order valence-corrected chi connectivity index (χ3v) is 3.98. The summed E-state index contributed by atoms with van der Waals surface area (Å²) in [6, 6.07) is 9.86. The zero-order valence-electron chi connectivity index (χ0n) is 16.5. The third-order valence-electron chi connectivity index (χ3n) is 3.98. The van der Waals surface area contributed by atoms with Crippen molar-refractivity contribution in [2.24, 2.45) is 4.99 Å². The van der Waals surface area contributed by atoms with E-state index in [1.807, 2.05) is 18.9 Å². The Labute approximate surface area is 182 Å². The van der Waals surface area contributed by atoms with Crippen molar-refractivity contribution in [3.8, 4) is 17.2 Å². The van der Waals surface area contributed by atoms with Gasteiger partial charge in [-0.2, -0.15) is 0 Å². The van der Waals surface area contributed by atoms with E-state index in [1.165, 1.54) is 26.4 Å². The van der Waals surface area contributed by atoms with Crippen LogP contribution in [-0.4, -0.2) is 43.8 Å². The fourth-order valence-electron chi connectivity index (χ4n) is 2.61. The standard InChI is InChI=1S/C20H26FN3O3.HI/c1-5-22-20(24(2)13-14-6-8-16(21)9-7-14)23-12-15-10-17(26-3)19(25)18(11-15)27-4;/h6-11,25H,5,12-13H2,1-4H3,(H,22,23);1H. The summed E-state index contributed by atoms with van der Waals surface area (Å²) >= 11 is 0. The van der Waals surface area contributed by atoms with Gasteiger partial charge in [-0.15, -0.1) is 24.0 Å². The summed E-state index contributed by atoms with van der Waals surface area (Å²) in [5.74, 6) is 1.10. The van der Waals surface area contributed by atoms with E-state index in [-0.39, 0.29) is 35.5 Å². The van der Waals surface area contributed by atoms with Crippen LogP contribution in [0.3, 0.4) is 0 Å². The van der Waals surface area contributed by atoms with E-state index in [1.54, 1.807) is 24.3 Å². The molecule has 6 nitrogen and oxygen atoms in total. The predicted octanol–water partition coefficient (Wildman–Crippen LogP) is 3.76. The first-order chi connectivity index (χ1) is 13.0. The number of nitrogens with one attached hydrogen (secondary N) is 1. The summed E-state index contributed by atoms with van der Waals surface area (Å²) < 4.78 is 23.4. The Balaban J connectivity index is 0.00000392. The van der Waals surface area contributed by atoms with Crippen molar-refractivity contribution in [3.63, 3.8) is 0 Å². The molecule has 0 spiro atoms. The number of nitrogens with zero attached hydrogens (tertiary/aromatic N) is 2. The smallest absolute Gasteiger partial charge is 0.200 e. The highest BCUT2D eigenvalue weighted by molar-refractivity contribution is 14.0. The molecule has 0 unspecified atom stereocenters. The second-order valence-electron chi connectivity index (χ2n) is 6.00. The minimum atomic E-state index is -0.253. The van der Waals surface area contributed by atoms with Gasteiger partial charge in [-0.25, -0.2) is 9.38 Å². The van der Waals surface area contributed by atoms with Gasteiger partial charge in [0.25, 0.3) is 0 Å². The fraction of sp³-hybridized carbons (Fsp3) is 0.350. The molecule has 0 saturated carbocycles. The van der Waals surface area contributed by atoms with E-state index in [4.69, 9.17) is 9.47 Å². The highest BCUT2D eigenvalue weighted by Gasteiger charge is 2.12. The SMILES string of the molecule is CCNC(=NCc1cc(OC)c(O)c(OC)c1)N(C)Cc1ccc(F)cc1.I. The topological polar surface area (TPSA) is 66.3 Å². The molecule has 0 aromatic heterocycles. The van der Waals surface area contributed by atoms with Gasteiger partial charge in [-0.05, 0) is 42.3 Å². The number of aromatic hydroxyl groups is 1. The molecule has 0 aliphatic heterocycles. The first kappa shape index (κ1) is 23.8. The van der Waals surface area contributed by atoms with Crippen molar-refractivity contribution >= 4 is 29.9 Å². The third kappa shape index (κ3) is 6.43. The molecular formula is C20H27FIN3O3. The van der Waals surface area contributed by atoms with Crippen molar-refractivity contribution in [2.45, 2.75) is 20.0 Å². The van der Waals surface area contributed by atoms with Crippen molar-refractivity contribution in [1.82, 2.24) is 10.2 Å². The minimum absolute atomic E-state index is 0. The van der Waals surface area contributed by atoms with Crippen molar-refractivity contribution in [1.29, 1.82) is 0 Å². The quantitative estimate of drug-likeness (QED) is 0.342. The fourth-order valence-corrected chi connectivity index (χ4v) is 2.61. The van der Waals surface area contributed by atoms with E-state index in [9.17, 15) is 9.50 Å². The van der Waals surface area contributed by atoms with Crippen LogP contribution in [0.15, 0.2) is 41.4 Å². The van der Waals surface area contributed by atoms with E-state index in [0.717, 1.165) is 17.7 Å². The molecule has 28 heavy (non-hydrogen) atoms. The highest BCUT2D eigenvalue weighted by atomic mass is 127. The largest absolute Gasteiger partial charge is 0.502 e. The van der Waals surface area contributed by atoms with E-state index < -0.39 is 0 Å². The Hall–Kier alpha value is -2.23. The van der Waals surface area contributed by atoms with Crippen LogP contribution in [-0.2, 0) is 13.1 Å². The van der Waals surface area contributed by atoms with Crippen molar-refractivity contribution in [2.75, 3.05) is 27.8 Å². The van der Waals surface area contributed by atoms with Gasteiger partial charge < -0.3 is 24.8 Å². The first-order valence-corrected chi connectivity index (χ1v) is 8.66. The molecule has 0 saturated heterocycles. The molecule has 2 aromatic carbocycles. The highest BCUT2D eigenvalue weighted by Crippen LogP contribution is 2.37. The second-order valence-corrected chi connectivity index (χ2v) is 6.00. The molecule has 0 radical (unpaired) electrons. The Bertz CT molecular complexity index is 760. The lowest BCUT2D eigenvalue weighted by atomic mass is 10.2. The molecule has 0 heterocycles. The molecule has 0 bridgehead atoms. The van der Waals surface area contributed by atoms with Crippen LogP contribution < -0.4 is 14.8 Å². The molecule has 0 aliphatic carbocycles. The van der Waals surface area contributed by atoms with Gasteiger partial charge in [0.1, 0.15) is 5.82 Å². The normalized spacial score (nSPS) is 10.8. The number of rotatable bonds is 7. The van der Waals surface area contributed by atoms with Gasteiger partial charge in [0.05, 0.1) is 20.8 Å². The summed E-state index contributed by atoms with van der Waals surface area (Å²) in [6.07, 6.45) is 0. The molecule has 0 aliphatic rings. The van der Waals surface area contributed by atoms with Gasteiger partial charge in [0, 0.05) is 20.1 Å². The van der Waals surface area contributed by atoms with Crippen LogP contribution in [0.1, 0.15) is 18.1 Å². The molecule has 0 fully saturated rings. The number of ether oxygens (including phenoxy) is 2. The number of hydrogen-bond acceptors (Lipinski definition) is 4. The van der Waals surface area contributed by atoms with Crippen LogP contribution in [0.25, 0.3) is 0 Å². The summed E-state index contributed by atoms with van der Waals surface area (Å²) in [6.45, 7) is 3.68. The van der Waals surface area contributed by atoms with Gasteiger partial charge in [-0.1, -0.05) is 12.1 Å². The van der Waals surface area contributed by atoms with E-state index in [2.05, 4.69) is 10.3 Å². The van der Waals surface area contributed by atoms with Gasteiger partial charge in [0.15, 0.2) is 17.5 Å². The Morgan fingerprint density at radius 2 is 1.68 bits per heavy atom.